The van der Waals surface area contributed by atoms with Crippen LogP contribution in [-0.4, -0.2) is 44.7 Å². The molecule has 2 atom stereocenters. The summed E-state index contributed by atoms with van der Waals surface area (Å²) in [5.41, 5.74) is 5.78. The Labute approximate surface area is 162 Å². The first-order chi connectivity index (χ1) is 13.5. The number of carboxylic acids is 2. The number of nitrogens with zero attached hydrogens (tertiary/aromatic N) is 2. The van der Waals surface area contributed by atoms with Gasteiger partial charge in [0.1, 0.15) is 0 Å². The van der Waals surface area contributed by atoms with E-state index in [9.17, 15) is 0 Å². The summed E-state index contributed by atoms with van der Waals surface area (Å²) in [5.74, 6) is -3.65. The second kappa shape index (κ2) is 7.13. The molecule has 0 spiro atoms. The standard InChI is InChI=1S/C20H20N2.C2H2O4/c1-21-15-11-12-18(21)20-16-9-5-6-10-17(16)22(19(20)13-15)14-7-3-2-4-8-14;3-1(4)2(5)6/h2-10,15,18H,11-13H2,1H3;(H,3,4)(H,5,6). The van der Waals surface area contributed by atoms with Gasteiger partial charge >= 0.3 is 11.9 Å². The summed E-state index contributed by atoms with van der Waals surface area (Å²) in [7, 11) is 2.31. The van der Waals surface area contributed by atoms with E-state index in [0.717, 1.165) is 0 Å². The van der Waals surface area contributed by atoms with Crippen LogP contribution in [0.3, 0.4) is 0 Å². The van der Waals surface area contributed by atoms with Gasteiger partial charge < -0.3 is 14.8 Å². The zero-order chi connectivity index (χ0) is 19.8. The number of rotatable bonds is 1. The van der Waals surface area contributed by atoms with Gasteiger partial charge in [0.25, 0.3) is 0 Å². The third-order valence-electron chi connectivity index (χ3n) is 5.82. The molecule has 2 aromatic carbocycles. The maximum absolute atomic E-state index is 9.10. The number of aliphatic carboxylic acids is 2. The Hall–Kier alpha value is -3.12. The highest BCUT2D eigenvalue weighted by Gasteiger charge is 2.40. The number of benzene rings is 2. The summed E-state index contributed by atoms with van der Waals surface area (Å²) < 4.78 is 2.50. The fourth-order valence-electron chi connectivity index (χ4n) is 4.59. The first-order valence-corrected chi connectivity index (χ1v) is 9.34. The van der Waals surface area contributed by atoms with Crippen LogP contribution in [0, 0.1) is 0 Å². The van der Waals surface area contributed by atoms with Crippen LogP contribution in [-0.2, 0) is 16.0 Å². The molecular formula is C22H22N2O4. The Morgan fingerprint density at radius 1 is 0.929 bits per heavy atom. The van der Waals surface area contributed by atoms with Gasteiger partial charge in [0.05, 0.1) is 5.52 Å². The third kappa shape index (κ3) is 2.96. The summed E-state index contributed by atoms with van der Waals surface area (Å²) in [5, 5.41) is 16.2. The second-order valence-corrected chi connectivity index (χ2v) is 7.28. The average molecular weight is 378 g/mol. The lowest BCUT2D eigenvalue weighted by molar-refractivity contribution is -0.159. The molecule has 0 saturated carbocycles. The smallest absolute Gasteiger partial charge is 0.414 e. The van der Waals surface area contributed by atoms with Gasteiger partial charge in [0.15, 0.2) is 0 Å². The Morgan fingerprint density at radius 3 is 2.25 bits per heavy atom. The van der Waals surface area contributed by atoms with E-state index in [4.69, 9.17) is 19.8 Å². The molecular weight excluding hydrogens is 356 g/mol. The molecule has 0 amide bonds. The number of fused-ring (bicyclic) bond motifs is 6. The zero-order valence-corrected chi connectivity index (χ0v) is 15.6. The molecule has 28 heavy (non-hydrogen) atoms. The monoisotopic (exact) mass is 378 g/mol. The summed E-state index contributed by atoms with van der Waals surface area (Å²) in [4.78, 5) is 20.8. The second-order valence-electron chi connectivity index (χ2n) is 7.28. The SMILES string of the molecule is CN1C2CCC1c1c(n(-c3ccccc3)c3ccccc13)C2.O=C(O)C(=O)O. The van der Waals surface area contributed by atoms with Crippen molar-refractivity contribution in [3.05, 3.63) is 65.9 Å². The molecule has 2 N–H and O–H groups in total. The van der Waals surface area contributed by atoms with Crippen LogP contribution in [0.4, 0.5) is 0 Å². The number of para-hydroxylation sites is 2. The quantitative estimate of drug-likeness (QED) is 0.634. The molecule has 3 heterocycles. The summed E-state index contributed by atoms with van der Waals surface area (Å²) in [6, 6.07) is 21.1. The summed E-state index contributed by atoms with van der Waals surface area (Å²) >= 11 is 0. The fraction of sp³-hybridized carbons (Fsp3) is 0.273. The summed E-state index contributed by atoms with van der Waals surface area (Å²) in [6.07, 6.45) is 3.81. The lowest BCUT2D eigenvalue weighted by atomic mass is 9.97. The minimum absolute atomic E-state index is 0.601. The van der Waals surface area contributed by atoms with E-state index in [1.165, 1.54) is 41.5 Å². The number of aromatic nitrogens is 1. The van der Waals surface area contributed by atoms with Gasteiger partial charge in [-0.05, 0) is 43.7 Å². The van der Waals surface area contributed by atoms with Crippen molar-refractivity contribution in [2.75, 3.05) is 7.05 Å². The van der Waals surface area contributed by atoms with E-state index in [2.05, 4.69) is 71.1 Å². The Kier molecular flexibility index (Phi) is 4.65. The highest BCUT2D eigenvalue weighted by atomic mass is 16.4. The van der Waals surface area contributed by atoms with Crippen molar-refractivity contribution in [1.29, 1.82) is 0 Å². The first kappa shape index (κ1) is 18.3. The molecule has 2 aliphatic heterocycles. The van der Waals surface area contributed by atoms with Crippen molar-refractivity contribution in [1.82, 2.24) is 9.47 Å². The number of carboxylic acid groups (broad SMARTS) is 2. The maximum Gasteiger partial charge on any atom is 0.414 e. The zero-order valence-electron chi connectivity index (χ0n) is 15.6. The molecule has 6 nitrogen and oxygen atoms in total. The predicted molar refractivity (Wildman–Crippen MR) is 106 cm³/mol. The fourth-order valence-corrected chi connectivity index (χ4v) is 4.59. The van der Waals surface area contributed by atoms with E-state index < -0.39 is 11.9 Å². The Balaban J connectivity index is 0.000000283. The Morgan fingerprint density at radius 2 is 1.57 bits per heavy atom. The molecule has 0 aliphatic carbocycles. The van der Waals surface area contributed by atoms with Gasteiger partial charge in [-0.1, -0.05) is 36.4 Å². The van der Waals surface area contributed by atoms with Crippen LogP contribution in [0.25, 0.3) is 16.6 Å². The van der Waals surface area contributed by atoms with E-state index in [0.29, 0.717) is 12.1 Å². The van der Waals surface area contributed by atoms with Crippen LogP contribution < -0.4 is 0 Å². The van der Waals surface area contributed by atoms with E-state index in [-0.39, 0.29) is 0 Å². The number of carbonyl (C=O) groups is 2. The highest BCUT2D eigenvalue weighted by Crippen LogP contribution is 2.47. The lowest BCUT2D eigenvalue weighted by Crippen LogP contribution is -2.34. The van der Waals surface area contributed by atoms with Gasteiger partial charge in [0.2, 0.25) is 0 Å². The molecule has 2 aliphatic rings. The van der Waals surface area contributed by atoms with Crippen molar-refractivity contribution in [3.8, 4) is 5.69 Å². The number of hydrogen-bond donors (Lipinski definition) is 2. The van der Waals surface area contributed by atoms with Gasteiger partial charge in [-0.15, -0.1) is 0 Å². The van der Waals surface area contributed by atoms with Gasteiger partial charge in [-0.2, -0.15) is 0 Å². The molecule has 2 bridgehead atoms. The van der Waals surface area contributed by atoms with Crippen molar-refractivity contribution < 1.29 is 19.8 Å². The Bertz CT molecular complexity index is 1030. The third-order valence-corrected chi connectivity index (χ3v) is 5.82. The minimum Gasteiger partial charge on any atom is -0.473 e. The van der Waals surface area contributed by atoms with Gasteiger partial charge in [0, 0.05) is 35.3 Å². The maximum atomic E-state index is 9.10. The molecule has 0 radical (unpaired) electrons. The molecule has 1 fully saturated rings. The van der Waals surface area contributed by atoms with E-state index >= 15 is 0 Å². The number of likely N-dealkylation sites (N-methyl/N-ethyl adjacent to an activating group) is 1. The topological polar surface area (TPSA) is 82.8 Å². The molecule has 6 heteroatoms. The molecule has 144 valence electrons. The van der Waals surface area contributed by atoms with Crippen molar-refractivity contribution >= 4 is 22.8 Å². The number of hydrogen-bond acceptors (Lipinski definition) is 3. The molecule has 1 saturated heterocycles. The van der Waals surface area contributed by atoms with Crippen LogP contribution in [0.15, 0.2) is 54.6 Å². The molecule has 3 aromatic rings. The van der Waals surface area contributed by atoms with Crippen molar-refractivity contribution in [3.63, 3.8) is 0 Å². The minimum atomic E-state index is -1.82. The van der Waals surface area contributed by atoms with Crippen LogP contribution in [0.2, 0.25) is 0 Å². The van der Waals surface area contributed by atoms with Gasteiger partial charge in [-0.3, -0.25) is 4.90 Å². The van der Waals surface area contributed by atoms with Crippen LogP contribution in [0.5, 0.6) is 0 Å². The van der Waals surface area contributed by atoms with Crippen molar-refractivity contribution in [2.45, 2.75) is 31.3 Å². The van der Waals surface area contributed by atoms with Crippen LogP contribution in [0.1, 0.15) is 30.1 Å². The van der Waals surface area contributed by atoms with Crippen molar-refractivity contribution in [2.24, 2.45) is 0 Å². The predicted octanol–water partition coefficient (Wildman–Crippen LogP) is 3.48. The van der Waals surface area contributed by atoms with E-state index in [1.54, 1.807) is 5.56 Å². The van der Waals surface area contributed by atoms with Crippen LogP contribution >= 0.6 is 0 Å². The first-order valence-electron chi connectivity index (χ1n) is 9.34. The molecule has 5 rings (SSSR count). The highest BCUT2D eigenvalue weighted by molar-refractivity contribution is 6.27. The average Bonchev–Trinajstić information content (AvgIpc) is 3.13. The lowest BCUT2D eigenvalue weighted by Gasteiger charge is -2.32. The summed E-state index contributed by atoms with van der Waals surface area (Å²) in [6.45, 7) is 0. The van der Waals surface area contributed by atoms with E-state index in [1.807, 2.05) is 0 Å². The van der Waals surface area contributed by atoms with Gasteiger partial charge in [-0.25, -0.2) is 9.59 Å². The normalized spacial score (nSPS) is 20.3. The largest absolute Gasteiger partial charge is 0.473 e. The molecule has 1 aromatic heterocycles. The molecule has 2 unspecified atom stereocenters.